The number of hydrogen-bond acceptors (Lipinski definition) is 4. The number of methoxy groups -OCH3 is 1. The van der Waals surface area contributed by atoms with Crippen LogP contribution in [0.25, 0.3) is 0 Å². The van der Waals surface area contributed by atoms with E-state index >= 15 is 0 Å². The summed E-state index contributed by atoms with van der Waals surface area (Å²) in [6, 6.07) is 2.49. The van der Waals surface area contributed by atoms with Gasteiger partial charge in [-0.1, -0.05) is 0 Å². The van der Waals surface area contributed by atoms with Crippen LogP contribution in [0, 0.1) is 18.8 Å². The topological polar surface area (TPSA) is 32.8 Å². The van der Waals surface area contributed by atoms with E-state index in [1.54, 1.807) is 11.3 Å². The standard InChI is InChI=1S/C17H26N2O2S/c1-11-5-6-22-16(11)17(20)19-9-12-7-14(18(2)3)15(21-4)8-13(12)10-19/h5-6,12-15H,7-10H2,1-4H3/t12-,13+,14-,15-/m1/s1. The summed E-state index contributed by atoms with van der Waals surface area (Å²) in [6.07, 6.45) is 2.48. The molecular formula is C17H26N2O2S. The van der Waals surface area contributed by atoms with Crippen LogP contribution < -0.4 is 0 Å². The number of likely N-dealkylation sites (tertiary alicyclic amines) is 1. The smallest absolute Gasteiger partial charge is 0.264 e. The molecule has 0 spiro atoms. The van der Waals surface area contributed by atoms with Gasteiger partial charge in [0, 0.05) is 26.2 Å². The number of rotatable bonds is 3. The summed E-state index contributed by atoms with van der Waals surface area (Å²) >= 11 is 1.56. The van der Waals surface area contributed by atoms with Gasteiger partial charge >= 0.3 is 0 Å². The van der Waals surface area contributed by atoms with Gasteiger partial charge in [-0.25, -0.2) is 0 Å². The quantitative estimate of drug-likeness (QED) is 0.857. The van der Waals surface area contributed by atoms with Gasteiger partial charge in [0.25, 0.3) is 5.91 Å². The Bertz CT molecular complexity index is 543. The zero-order valence-corrected chi connectivity index (χ0v) is 14.7. The third-order valence-electron chi connectivity index (χ3n) is 5.39. The minimum absolute atomic E-state index is 0.220. The van der Waals surface area contributed by atoms with Crippen molar-refractivity contribution in [3.05, 3.63) is 21.9 Å². The van der Waals surface area contributed by atoms with E-state index in [9.17, 15) is 4.79 Å². The van der Waals surface area contributed by atoms with Gasteiger partial charge in [-0.05, 0) is 62.7 Å². The molecule has 4 atom stereocenters. The maximum atomic E-state index is 12.7. The second-order valence-electron chi connectivity index (χ2n) is 6.94. The van der Waals surface area contributed by atoms with Crippen molar-refractivity contribution in [2.45, 2.75) is 31.9 Å². The number of thiophene rings is 1. The van der Waals surface area contributed by atoms with E-state index in [1.807, 2.05) is 25.5 Å². The highest BCUT2D eigenvalue weighted by atomic mass is 32.1. The molecule has 1 aliphatic carbocycles. The SMILES string of the molecule is CO[C@@H]1C[C@H]2CN(C(=O)c3sccc3C)C[C@H]2C[C@H]1N(C)C. The molecule has 4 nitrogen and oxygen atoms in total. The fraction of sp³-hybridized carbons (Fsp3) is 0.706. The Morgan fingerprint density at radius 2 is 2.00 bits per heavy atom. The summed E-state index contributed by atoms with van der Waals surface area (Å²) in [5.74, 6) is 1.42. The first kappa shape index (κ1) is 16.0. The van der Waals surface area contributed by atoms with Crippen LogP contribution >= 0.6 is 11.3 Å². The van der Waals surface area contributed by atoms with E-state index in [-0.39, 0.29) is 12.0 Å². The average Bonchev–Trinajstić information content (AvgIpc) is 3.10. The van der Waals surface area contributed by atoms with E-state index in [0.717, 1.165) is 36.4 Å². The third-order valence-corrected chi connectivity index (χ3v) is 6.40. The van der Waals surface area contributed by atoms with Crippen LogP contribution in [0.2, 0.25) is 0 Å². The third kappa shape index (κ3) is 2.82. The highest BCUT2D eigenvalue weighted by Crippen LogP contribution is 2.39. The number of ether oxygens (including phenoxy) is 1. The summed E-state index contributed by atoms with van der Waals surface area (Å²) in [5, 5.41) is 2.01. The Morgan fingerprint density at radius 3 is 2.55 bits per heavy atom. The lowest BCUT2D eigenvalue weighted by Crippen LogP contribution is -2.47. The summed E-state index contributed by atoms with van der Waals surface area (Å²) in [4.78, 5) is 18.0. The van der Waals surface area contributed by atoms with Crippen LogP contribution in [0.3, 0.4) is 0 Å². The Labute approximate surface area is 137 Å². The monoisotopic (exact) mass is 322 g/mol. The largest absolute Gasteiger partial charge is 0.380 e. The molecule has 0 aromatic carbocycles. The molecule has 2 fully saturated rings. The molecule has 1 saturated heterocycles. The van der Waals surface area contributed by atoms with Gasteiger partial charge < -0.3 is 14.5 Å². The van der Waals surface area contributed by atoms with E-state index < -0.39 is 0 Å². The Kier molecular flexibility index (Phi) is 4.57. The molecule has 2 heterocycles. The molecule has 2 aliphatic rings. The number of hydrogen-bond donors (Lipinski definition) is 0. The van der Waals surface area contributed by atoms with Gasteiger partial charge in [0.05, 0.1) is 11.0 Å². The maximum Gasteiger partial charge on any atom is 0.264 e. The highest BCUT2D eigenvalue weighted by molar-refractivity contribution is 7.12. The number of likely N-dealkylation sites (N-methyl/N-ethyl adjacent to an activating group) is 1. The zero-order chi connectivity index (χ0) is 15.9. The van der Waals surface area contributed by atoms with Crippen molar-refractivity contribution in [2.24, 2.45) is 11.8 Å². The van der Waals surface area contributed by atoms with Gasteiger partial charge in [-0.15, -0.1) is 11.3 Å². The van der Waals surface area contributed by atoms with Crippen molar-refractivity contribution in [3.8, 4) is 0 Å². The van der Waals surface area contributed by atoms with Crippen LogP contribution in [-0.4, -0.2) is 62.1 Å². The molecule has 122 valence electrons. The number of carbonyl (C=O) groups excluding carboxylic acids is 1. The summed E-state index contributed by atoms with van der Waals surface area (Å²) in [7, 11) is 6.07. The lowest BCUT2D eigenvalue weighted by molar-refractivity contribution is -0.0209. The molecule has 1 aliphatic heterocycles. The fourth-order valence-electron chi connectivity index (χ4n) is 4.09. The predicted octanol–water partition coefficient (Wildman–Crippen LogP) is 2.48. The van der Waals surface area contributed by atoms with Crippen molar-refractivity contribution < 1.29 is 9.53 Å². The molecule has 1 saturated carbocycles. The minimum Gasteiger partial charge on any atom is -0.380 e. The van der Waals surface area contributed by atoms with Crippen molar-refractivity contribution in [1.29, 1.82) is 0 Å². The molecule has 22 heavy (non-hydrogen) atoms. The minimum atomic E-state index is 0.220. The van der Waals surface area contributed by atoms with E-state index in [0.29, 0.717) is 17.9 Å². The van der Waals surface area contributed by atoms with E-state index in [1.165, 1.54) is 0 Å². The van der Waals surface area contributed by atoms with Crippen LogP contribution in [-0.2, 0) is 4.74 Å². The first-order valence-electron chi connectivity index (χ1n) is 8.03. The lowest BCUT2D eigenvalue weighted by atomic mass is 9.77. The average molecular weight is 322 g/mol. The second kappa shape index (κ2) is 6.30. The molecule has 0 N–H and O–H groups in total. The molecule has 3 rings (SSSR count). The first-order valence-corrected chi connectivity index (χ1v) is 8.91. The van der Waals surface area contributed by atoms with Gasteiger partial charge in [-0.2, -0.15) is 0 Å². The molecule has 0 unspecified atom stereocenters. The molecule has 0 bridgehead atoms. The van der Waals surface area contributed by atoms with Gasteiger partial charge in [0.1, 0.15) is 0 Å². The predicted molar refractivity (Wildman–Crippen MR) is 89.4 cm³/mol. The molecule has 1 aromatic rings. The summed E-state index contributed by atoms with van der Waals surface area (Å²) in [6.45, 7) is 3.82. The zero-order valence-electron chi connectivity index (χ0n) is 13.9. The highest BCUT2D eigenvalue weighted by Gasteiger charge is 2.44. The number of amides is 1. The summed E-state index contributed by atoms with van der Waals surface area (Å²) in [5.41, 5.74) is 1.10. The van der Waals surface area contributed by atoms with Crippen molar-refractivity contribution in [3.63, 3.8) is 0 Å². The number of nitrogens with zero attached hydrogens (tertiary/aromatic N) is 2. The fourth-order valence-corrected chi connectivity index (χ4v) is 4.98. The van der Waals surface area contributed by atoms with Crippen molar-refractivity contribution in [2.75, 3.05) is 34.3 Å². The van der Waals surface area contributed by atoms with E-state index in [2.05, 4.69) is 23.9 Å². The molecule has 1 aromatic heterocycles. The van der Waals surface area contributed by atoms with Gasteiger partial charge in [-0.3, -0.25) is 4.79 Å². The maximum absolute atomic E-state index is 12.7. The Hall–Kier alpha value is -0.910. The Balaban J connectivity index is 1.71. The van der Waals surface area contributed by atoms with Crippen LogP contribution in [0.5, 0.6) is 0 Å². The Morgan fingerprint density at radius 1 is 1.32 bits per heavy atom. The van der Waals surface area contributed by atoms with Crippen molar-refractivity contribution >= 4 is 17.2 Å². The summed E-state index contributed by atoms with van der Waals surface area (Å²) < 4.78 is 5.72. The number of aryl methyl sites for hydroxylation is 1. The molecule has 1 amide bonds. The molecule has 0 radical (unpaired) electrons. The van der Waals surface area contributed by atoms with Gasteiger partial charge in [0.2, 0.25) is 0 Å². The first-order chi connectivity index (χ1) is 10.5. The number of carbonyl (C=O) groups is 1. The normalized spacial score (nSPS) is 31.6. The van der Waals surface area contributed by atoms with Crippen LogP contribution in [0.1, 0.15) is 28.1 Å². The van der Waals surface area contributed by atoms with Crippen LogP contribution in [0.4, 0.5) is 0 Å². The second-order valence-corrected chi connectivity index (χ2v) is 7.86. The lowest BCUT2D eigenvalue weighted by Gasteiger charge is -2.40. The van der Waals surface area contributed by atoms with Crippen LogP contribution in [0.15, 0.2) is 11.4 Å². The number of fused-ring (bicyclic) bond motifs is 1. The molecular weight excluding hydrogens is 296 g/mol. The van der Waals surface area contributed by atoms with E-state index in [4.69, 9.17) is 4.74 Å². The van der Waals surface area contributed by atoms with Gasteiger partial charge in [0.15, 0.2) is 0 Å². The molecule has 5 heteroatoms. The van der Waals surface area contributed by atoms with Crippen molar-refractivity contribution in [1.82, 2.24) is 9.80 Å².